The number of rotatable bonds is 3. The number of nitrogens with zero attached hydrogens (tertiary/aromatic N) is 1. The Morgan fingerprint density at radius 1 is 1.04 bits per heavy atom. The minimum atomic E-state index is -3.83. The Morgan fingerprint density at radius 3 is 2.56 bits per heavy atom. The van der Waals surface area contributed by atoms with Crippen LogP contribution in [0.2, 0.25) is 0 Å². The third kappa shape index (κ3) is 2.88. The van der Waals surface area contributed by atoms with Crippen molar-refractivity contribution in [3.05, 3.63) is 66.0 Å². The number of nitrogens with one attached hydrogen (secondary N) is 1. The van der Waals surface area contributed by atoms with Crippen LogP contribution in [0.4, 0.5) is 4.39 Å². The lowest BCUT2D eigenvalue weighted by Crippen LogP contribution is -2.15. The minimum Gasteiger partial charge on any atom is -0.277 e. The van der Waals surface area contributed by atoms with Crippen LogP contribution in [0.3, 0.4) is 0 Å². The average molecular weight is 355 g/mol. The number of halogens is 1. The van der Waals surface area contributed by atoms with Crippen molar-refractivity contribution in [1.29, 1.82) is 0 Å². The summed E-state index contributed by atoms with van der Waals surface area (Å²) in [5.74, 6) is -1.18. The molecule has 3 aromatic carbocycles. The van der Waals surface area contributed by atoms with Gasteiger partial charge in [0.15, 0.2) is 0 Å². The van der Waals surface area contributed by atoms with Gasteiger partial charge in [-0.2, -0.15) is 5.10 Å². The van der Waals surface area contributed by atoms with Gasteiger partial charge in [0, 0.05) is 11.1 Å². The molecule has 0 fully saturated rings. The molecule has 5 nitrogen and oxygen atoms in total. The highest BCUT2D eigenvalue weighted by Crippen LogP contribution is 2.32. The number of hydrogen-bond acceptors (Lipinski definition) is 3. The smallest absolute Gasteiger partial charge is 0.213 e. The Bertz CT molecular complexity index is 1220. The lowest BCUT2D eigenvalue weighted by atomic mass is 10.0. The molecule has 0 saturated heterocycles. The lowest BCUT2D eigenvalue weighted by molar-refractivity contribution is 0.591. The number of primary sulfonamides is 1. The molecule has 4 aromatic rings. The van der Waals surface area contributed by atoms with Crippen LogP contribution in [0, 0.1) is 5.82 Å². The first-order valence-corrected chi connectivity index (χ1v) is 9.29. The van der Waals surface area contributed by atoms with Crippen LogP contribution in [0.25, 0.3) is 32.9 Å². The molecule has 0 aliphatic carbocycles. The quantitative estimate of drug-likeness (QED) is 0.591. The summed E-state index contributed by atoms with van der Waals surface area (Å²) in [6.45, 7) is 0. The fourth-order valence-electron chi connectivity index (χ4n) is 2.99. The third-order valence-electron chi connectivity index (χ3n) is 4.13. The molecule has 7 heteroatoms. The summed E-state index contributed by atoms with van der Waals surface area (Å²) in [5.41, 5.74) is 1.71. The first-order chi connectivity index (χ1) is 11.9. The predicted molar refractivity (Wildman–Crippen MR) is 95.8 cm³/mol. The van der Waals surface area contributed by atoms with E-state index in [0.29, 0.717) is 11.2 Å². The number of H-pyrrole nitrogens is 1. The van der Waals surface area contributed by atoms with Crippen molar-refractivity contribution in [1.82, 2.24) is 10.2 Å². The fraction of sp³-hybridized carbons (Fsp3) is 0.0556. The van der Waals surface area contributed by atoms with Gasteiger partial charge in [-0.05, 0) is 22.9 Å². The standard InChI is InChI=1S/C18H14FN3O2S/c19-17-14(10-25(20,23)24)7-8-15-16(17)18(22-21-15)13-6-5-11-3-1-2-4-12(11)9-13/h1-9H,10H2,(H,21,22)(H2,20,23,24). The zero-order valence-electron chi connectivity index (χ0n) is 13.0. The van der Waals surface area contributed by atoms with Gasteiger partial charge in [0.1, 0.15) is 11.5 Å². The summed E-state index contributed by atoms with van der Waals surface area (Å²) in [4.78, 5) is 0. The molecular formula is C18H14FN3O2S. The number of benzene rings is 3. The molecule has 0 spiro atoms. The Kier molecular flexibility index (Phi) is 3.55. The summed E-state index contributed by atoms with van der Waals surface area (Å²) >= 11 is 0. The van der Waals surface area contributed by atoms with E-state index in [9.17, 15) is 12.8 Å². The number of aromatic nitrogens is 2. The molecule has 0 bridgehead atoms. The SMILES string of the molecule is NS(=O)(=O)Cc1ccc2[nH]nc(-c3ccc4ccccc4c3)c2c1F. The van der Waals surface area contributed by atoms with Crippen molar-refractivity contribution in [2.24, 2.45) is 5.14 Å². The van der Waals surface area contributed by atoms with Crippen LogP contribution in [0.15, 0.2) is 54.6 Å². The second-order valence-electron chi connectivity index (χ2n) is 5.90. The molecule has 4 rings (SSSR count). The summed E-state index contributed by atoms with van der Waals surface area (Å²) in [5, 5.41) is 14.4. The Labute approximate surface area is 143 Å². The van der Waals surface area contributed by atoms with E-state index < -0.39 is 21.6 Å². The number of fused-ring (bicyclic) bond motifs is 2. The number of sulfonamides is 1. The van der Waals surface area contributed by atoms with Crippen LogP contribution < -0.4 is 5.14 Å². The topological polar surface area (TPSA) is 88.8 Å². The summed E-state index contributed by atoms with van der Waals surface area (Å²) in [6.07, 6.45) is 0. The molecule has 1 aromatic heterocycles. The summed E-state index contributed by atoms with van der Waals surface area (Å²) in [7, 11) is -3.83. The fourth-order valence-corrected chi connectivity index (χ4v) is 3.65. The molecule has 126 valence electrons. The average Bonchev–Trinajstić information content (AvgIpc) is 3.01. The van der Waals surface area contributed by atoms with Gasteiger partial charge in [-0.3, -0.25) is 5.10 Å². The maximum Gasteiger partial charge on any atom is 0.213 e. The molecule has 25 heavy (non-hydrogen) atoms. The van der Waals surface area contributed by atoms with Gasteiger partial charge in [0.25, 0.3) is 0 Å². The molecule has 0 saturated carbocycles. The van der Waals surface area contributed by atoms with Gasteiger partial charge in [-0.1, -0.05) is 42.5 Å². The van der Waals surface area contributed by atoms with Crippen LogP contribution in [-0.4, -0.2) is 18.6 Å². The van der Waals surface area contributed by atoms with Gasteiger partial charge in [-0.25, -0.2) is 17.9 Å². The van der Waals surface area contributed by atoms with Gasteiger partial charge in [-0.15, -0.1) is 0 Å². The molecule has 0 amide bonds. The maximum atomic E-state index is 14.9. The first-order valence-electron chi connectivity index (χ1n) is 7.57. The van der Waals surface area contributed by atoms with Crippen molar-refractivity contribution in [2.75, 3.05) is 0 Å². The molecule has 3 N–H and O–H groups in total. The van der Waals surface area contributed by atoms with Crippen molar-refractivity contribution in [2.45, 2.75) is 5.75 Å². The highest BCUT2D eigenvalue weighted by atomic mass is 32.2. The zero-order chi connectivity index (χ0) is 17.6. The largest absolute Gasteiger partial charge is 0.277 e. The molecule has 1 heterocycles. The van der Waals surface area contributed by atoms with Crippen molar-refractivity contribution >= 4 is 31.7 Å². The molecular weight excluding hydrogens is 341 g/mol. The normalized spacial score (nSPS) is 12.1. The van der Waals surface area contributed by atoms with Gasteiger partial charge in [0.05, 0.1) is 16.7 Å². The van der Waals surface area contributed by atoms with E-state index in [1.54, 1.807) is 6.07 Å². The highest BCUT2D eigenvalue weighted by Gasteiger charge is 2.18. The lowest BCUT2D eigenvalue weighted by Gasteiger charge is -2.05. The molecule has 0 atom stereocenters. The number of nitrogens with two attached hydrogens (primary N) is 1. The van der Waals surface area contributed by atoms with E-state index in [4.69, 9.17) is 5.14 Å². The van der Waals surface area contributed by atoms with Crippen molar-refractivity contribution in [3.63, 3.8) is 0 Å². The number of hydrogen-bond donors (Lipinski definition) is 2. The van der Waals surface area contributed by atoms with Crippen molar-refractivity contribution < 1.29 is 12.8 Å². The van der Waals surface area contributed by atoms with E-state index in [1.165, 1.54) is 6.07 Å². The minimum absolute atomic E-state index is 0.0263. The molecule has 0 radical (unpaired) electrons. The summed E-state index contributed by atoms with van der Waals surface area (Å²) in [6, 6.07) is 16.6. The number of aromatic amines is 1. The van der Waals surface area contributed by atoms with Crippen LogP contribution in [0.1, 0.15) is 5.56 Å². The van der Waals surface area contributed by atoms with Crippen LogP contribution in [0.5, 0.6) is 0 Å². The predicted octanol–water partition coefficient (Wildman–Crippen LogP) is 3.31. The van der Waals surface area contributed by atoms with Gasteiger partial charge >= 0.3 is 0 Å². The van der Waals surface area contributed by atoms with E-state index in [2.05, 4.69) is 10.2 Å². The Balaban J connectivity index is 1.93. The maximum absolute atomic E-state index is 14.9. The highest BCUT2D eigenvalue weighted by molar-refractivity contribution is 7.88. The molecule has 0 unspecified atom stereocenters. The second-order valence-corrected chi connectivity index (χ2v) is 7.52. The van der Waals surface area contributed by atoms with E-state index in [-0.39, 0.29) is 10.9 Å². The van der Waals surface area contributed by atoms with Crippen LogP contribution in [-0.2, 0) is 15.8 Å². The van der Waals surface area contributed by atoms with E-state index in [1.807, 2.05) is 42.5 Å². The Hall–Kier alpha value is -2.77. The zero-order valence-corrected chi connectivity index (χ0v) is 13.8. The van der Waals surface area contributed by atoms with Gasteiger partial charge in [0.2, 0.25) is 10.0 Å². The molecule has 0 aliphatic rings. The van der Waals surface area contributed by atoms with E-state index in [0.717, 1.165) is 16.3 Å². The Morgan fingerprint density at radius 2 is 1.80 bits per heavy atom. The van der Waals surface area contributed by atoms with Crippen molar-refractivity contribution in [3.8, 4) is 11.3 Å². The second kappa shape index (κ2) is 5.65. The summed E-state index contributed by atoms with van der Waals surface area (Å²) < 4.78 is 37.5. The third-order valence-corrected chi connectivity index (χ3v) is 4.84. The van der Waals surface area contributed by atoms with Gasteiger partial charge < -0.3 is 0 Å². The first kappa shape index (κ1) is 15.7. The van der Waals surface area contributed by atoms with Crippen LogP contribution >= 0.6 is 0 Å². The monoisotopic (exact) mass is 355 g/mol. The molecule has 0 aliphatic heterocycles. The van der Waals surface area contributed by atoms with E-state index >= 15 is 0 Å².